The Balaban J connectivity index is 1.80. The molecule has 1 aliphatic heterocycles. The average Bonchev–Trinajstić information content (AvgIpc) is 2.64. The molecular weight excluding hydrogens is 386 g/mol. The smallest absolute Gasteiger partial charge is 0.229 e. The number of hydrogen-bond acceptors (Lipinski definition) is 8. The van der Waals surface area contributed by atoms with Crippen molar-refractivity contribution in [2.45, 2.75) is 18.9 Å². The first-order valence-electron chi connectivity index (χ1n) is 7.94. The van der Waals surface area contributed by atoms with Crippen LogP contribution in [0, 0.1) is 11.3 Å². The van der Waals surface area contributed by atoms with E-state index < -0.39 is 0 Å². The lowest BCUT2D eigenvalue weighted by Gasteiger charge is -2.24. The van der Waals surface area contributed by atoms with Gasteiger partial charge in [0.15, 0.2) is 11.4 Å². The molecule has 3 rings (SSSR count). The second-order valence-corrected chi connectivity index (χ2v) is 6.39. The van der Waals surface area contributed by atoms with Crippen LogP contribution in [0.2, 0.25) is 0 Å². The summed E-state index contributed by atoms with van der Waals surface area (Å²) in [5, 5.41) is 18.6. The van der Waals surface area contributed by atoms with Gasteiger partial charge in [-0.3, -0.25) is 0 Å². The van der Waals surface area contributed by atoms with E-state index >= 15 is 0 Å². The molecular formula is C16H18BrN7O. The molecule has 9 heteroatoms. The zero-order valence-corrected chi connectivity index (χ0v) is 15.3. The molecule has 130 valence electrons. The van der Waals surface area contributed by atoms with Crippen molar-refractivity contribution >= 4 is 33.4 Å². The number of ether oxygens (including phenoxy) is 1. The fraction of sp³-hybridized carbons (Fsp3) is 0.375. The molecule has 3 N–H and O–H groups in total. The summed E-state index contributed by atoms with van der Waals surface area (Å²) in [4.78, 5) is 12.7. The van der Waals surface area contributed by atoms with Crippen molar-refractivity contribution in [3.63, 3.8) is 0 Å². The highest BCUT2D eigenvalue weighted by molar-refractivity contribution is 9.10. The number of piperidine rings is 1. The van der Waals surface area contributed by atoms with E-state index in [1.54, 1.807) is 25.5 Å². The molecule has 1 aliphatic rings. The average molecular weight is 404 g/mol. The third-order valence-corrected chi connectivity index (χ3v) is 4.32. The maximum atomic E-state index is 9.26. The second kappa shape index (κ2) is 8.09. The van der Waals surface area contributed by atoms with Gasteiger partial charge in [0.1, 0.15) is 18.0 Å². The molecule has 3 heterocycles. The first-order valence-corrected chi connectivity index (χ1v) is 8.73. The van der Waals surface area contributed by atoms with E-state index in [9.17, 15) is 5.26 Å². The van der Waals surface area contributed by atoms with Gasteiger partial charge < -0.3 is 20.7 Å². The highest BCUT2D eigenvalue weighted by atomic mass is 79.9. The number of nitriles is 1. The van der Waals surface area contributed by atoms with Gasteiger partial charge in [0.05, 0.1) is 16.4 Å². The number of aromatic nitrogens is 3. The Morgan fingerprint density at radius 3 is 3.00 bits per heavy atom. The zero-order valence-electron chi connectivity index (χ0n) is 13.7. The van der Waals surface area contributed by atoms with Gasteiger partial charge in [0.2, 0.25) is 5.95 Å². The van der Waals surface area contributed by atoms with Crippen LogP contribution in [0.3, 0.4) is 0 Å². The molecule has 0 saturated carbocycles. The molecule has 0 bridgehead atoms. The van der Waals surface area contributed by atoms with Crippen LogP contribution >= 0.6 is 15.9 Å². The normalized spacial score (nSPS) is 16.8. The fourth-order valence-electron chi connectivity index (χ4n) is 2.52. The lowest BCUT2D eigenvalue weighted by atomic mass is 10.1. The number of nitrogens with one attached hydrogen (secondary N) is 3. The quantitative estimate of drug-likeness (QED) is 0.698. The van der Waals surface area contributed by atoms with Gasteiger partial charge in [0.25, 0.3) is 0 Å². The SMILES string of the molecule is CNc1nc(Nc2cnc(C#N)c(OC3CCCNC3)c2)ncc1Br. The summed E-state index contributed by atoms with van der Waals surface area (Å²) in [5.74, 6) is 1.56. The highest BCUT2D eigenvalue weighted by Gasteiger charge is 2.17. The summed E-state index contributed by atoms with van der Waals surface area (Å²) >= 11 is 3.37. The third kappa shape index (κ3) is 4.35. The first kappa shape index (κ1) is 17.4. The summed E-state index contributed by atoms with van der Waals surface area (Å²) in [6.45, 7) is 1.77. The van der Waals surface area contributed by atoms with Crippen molar-refractivity contribution in [1.29, 1.82) is 5.26 Å². The lowest BCUT2D eigenvalue weighted by molar-refractivity contribution is 0.166. The predicted octanol–water partition coefficient (Wildman–Crippen LogP) is 2.42. The number of rotatable bonds is 5. The molecule has 0 radical (unpaired) electrons. The summed E-state index contributed by atoms with van der Waals surface area (Å²) in [5.41, 5.74) is 0.922. The van der Waals surface area contributed by atoms with Gasteiger partial charge in [-0.1, -0.05) is 0 Å². The van der Waals surface area contributed by atoms with Crippen molar-refractivity contribution < 1.29 is 4.74 Å². The van der Waals surface area contributed by atoms with Crippen LogP contribution in [0.15, 0.2) is 22.9 Å². The predicted molar refractivity (Wildman–Crippen MR) is 98.0 cm³/mol. The topological polar surface area (TPSA) is 108 Å². The zero-order chi connectivity index (χ0) is 17.6. The van der Waals surface area contributed by atoms with E-state index in [-0.39, 0.29) is 11.8 Å². The number of hydrogen-bond donors (Lipinski definition) is 3. The molecule has 8 nitrogen and oxygen atoms in total. The minimum Gasteiger partial charge on any atom is -0.486 e. The molecule has 1 atom stereocenters. The van der Waals surface area contributed by atoms with E-state index in [1.807, 2.05) is 0 Å². The van der Waals surface area contributed by atoms with Crippen molar-refractivity contribution in [3.8, 4) is 11.8 Å². The van der Waals surface area contributed by atoms with Gasteiger partial charge in [-0.2, -0.15) is 10.2 Å². The van der Waals surface area contributed by atoms with E-state index in [2.05, 4.69) is 52.9 Å². The molecule has 0 spiro atoms. The Labute approximate surface area is 154 Å². The monoisotopic (exact) mass is 403 g/mol. The molecule has 2 aromatic heterocycles. The lowest BCUT2D eigenvalue weighted by Crippen LogP contribution is -2.37. The molecule has 2 aromatic rings. The van der Waals surface area contributed by atoms with E-state index in [0.717, 1.165) is 30.4 Å². The Hall–Kier alpha value is -2.44. The number of nitrogens with zero attached hydrogens (tertiary/aromatic N) is 4. The highest BCUT2D eigenvalue weighted by Crippen LogP contribution is 2.26. The standard InChI is InChI=1S/C16H18BrN7O/c1-19-15-12(17)9-22-16(24-15)23-10-5-14(13(6-18)21-7-10)25-11-3-2-4-20-8-11/h5,7,9,11,20H,2-4,8H2,1H3,(H2,19,22,23,24). The van der Waals surface area contributed by atoms with Gasteiger partial charge in [-0.05, 0) is 35.3 Å². The van der Waals surface area contributed by atoms with Gasteiger partial charge >= 0.3 is 0 Å². The first-order chi connectivity index (χ1) is 12.2. The van der Waals surface area contributed by atoms with Crippen molar-refractivity contribution in [2.24, 2.45) is 0 Å². The van der Waals surface area contributed by atoms with Crippen LogP contribution in [-0.2, 0) is 0 Å². The Bertz CT molecular complexity index is 787. The summed E-state index contributed by atoms with van der Waals surface area (Å²) < 4.78 is 6.74. The maximum Gasteiger partial charge on any atom is 0.229 e. The van der Waals surface area contributed by atoms with Crippen LogP contribution in [0.25, 0.3) is 0 Å². The van der Waals surface area contributed by atoms with E-state index in [4.69, 9.17) is 4.74 Å². The fourth-order valence-corrected chi connectivity index (χ4v) is 2.91. The molecule has 0 aromatic carbocycles. The molecule has 1 unspecified atom stereocenters. The third-order valence-electron chi connectivity index (χ3n) is 3.74. The van der Waals surface area contributed by atoms with Crippen molar-refractivity contribution in [1.82, 2.24) is 20.3 Å². The van der Waals surface area contributed by atoms with Crippen LogP contribution in [0.1, 0.15) is 18.5 Å². The van der Waals surface area contributed by atoms with E-state index in [1.165, 1.54) is 0 Å². The Morgan fingerprint density at radius 1 is 1.40 bits per heavy atom. The van der Waals surface area contributed by atoms with Gasteiger partial charge in [0, 0.05) is 25.9 Å². The largest absolute Gasteiger partial charge is 0.486 e. The minimum absolute atomic E-state index is 0.0396. The van der Waals surface area contributed by atoms with Crippen molar-refractivity contribution in [2.75, 3.05) is 30.8 Å². The Kier molecular flexibility index (Phi) is 5.63. The summed E-state index contributed by atoms with van der Waals surface area (Å²) in [6.07, 6.45) is 5.27. The van der Waals surface area contributed by atoms with Crippen molar-refractivity contribution in [3.05, 3.63) is 28.6 Å². The van der Waals surface area contributed by atoms with Crippen LogP contribution < -0.4 is 20.7 Å². The summed E-state index contributed by atoms with van der Waals surface area (Å²) in [6, 6.07) is 3.82. The molecule has 1 fully saturated rings. The van der Waals surface area contributed by atoms with Crippen LogP contribution in [-0.4, -0.2) is 41.2 Å². The second-order valence-electron chi connectivity index (χ2n) is 5.53. The Morgan fingerprint density at radius 2 is 2.28 bits per heavy atom. The molecule has 1 saturated heterocycles. The molecule has 0 amide bonds. The number of anilines is 3. The maximum absolute atomic E-state index is 9.26. The van der Waals surface area contributed by atoms with Gasteiger partial charge in [-0.25, -0.2) is 9.97 Å². The number of pyridine rings is 1. The number of halogens is 1. The minimum atomic E-state index is 0.0396. The molecule has 25 heavy (non-hydrogen) atoms. The molecule has 0 aliphatic carbocycles. The summed E-state index contributed by atoms with van der Waals surface area (Å²) in [7, 11) is 1.78. The van der Waals surface area contributed by atoms with Crippen LogP contribution in [0.5, 0.6) is 5.75 Å². The van der Waals surface area contributed by atoms with Gasteiger partial charge in [-0.15, -0.1) is 0 Å². The van der Waals surface area contributed by atoms with Crippen LogP contribution in [0.4, 0.5) is 17.5 Å². The van der Waals surface area contributed by atoms with E-state index in [0.29, 0.717) is 23.2 Å².